The normalized spacial score (nSPS) is 18.4. The lowest BCUT2D eigenvalue weighted by molar-refractivity contribution is -0.253. The lowest BCUT2D eigenvalue weighted by Gasteiger charge is -2.39. The first-order valence-corrected chi connectivity index (χ1v) is 19.2. The van der Waals surface area contributed by atoms with Crippen LogP contribution in [0.5, 0.6) is 0 Å². The van der Waals surface area contributed by atoms with Crippen LogP contribution in [-0.2, 0) is 32.6 Å². The standard InChI is InChI=1S/C44H44N2O5S/c1-31(38-24-21-34-10-6-7-11-40(34)26-38)46(2)29-41-27-43(36-17-15-32(30-47)16-18-36)51-44(50-41)37-22-19-35(20-23-37)39-12-8-9-33(25-39)28-45-52(48,49)42-13-4-3-5-14-42/h3-26,31,41,43-45,47H,27-30H2,1-2H3. The predicted molar refractivity (Wildman–Crippen MR) is 206 cm³/mol. The number of aliphatic hydroxyl groups is 1. The van der Waals surface area contributed by atoms with Crippen molar-refractivity contribution >= 4 is 20.8 Å². The molecule has 1 fully saturated rings. The van der Waals surface area contributed by atoms with Crippen molar-refractivity contribution in [3.8, 4) is 11.1 Å². The van der Waals surface area contributed by atoms with Crippen LogP contribution in [0.3, 0.4) is 0 Å². The molecular formula is C44H44N2O5S. The van der Waals surface area contributed by atoms with Gasteiger partial charge >= 0.3 is 0 Å². The third-order valence-electron chi connectivity index (χ3n) is 9.99. The van der Waals surface area contributed by atoms with Crippen molar-refractivity contribution in [3.05, 3.63) is 173 Å². The van der Waals surface area contributed by atoms with Crippen molar-refractivity contribution in [3.63, 3.8) is 0 Å². The molecule has 266 valence electrons. The topological polar surface area (TPSA) is 88.1 Å². The minimum Gasteiger partial charge on any atom is -0.392 e. The average molecular weight is 713 g/mol. The summed E-state index contributed by atoms with van der Waals surface area (Å²) >= 11 is 0. The van der Waals surface area contributed by atoms with Crippen LogP contribution in [-0.4, -0.2) is 38.1 Å². The van der Waals surface area contributed by atoms with Crippen molar-refractivity contribution in [1.29, 1.82) is 0 Å². The fourth-order valence-corrected chi connectivity index (χ4v) is 7.83. The molecule has 0 radical (unpaired) electrons. The van der Waals surface area contributed by atoms with E-state index in [1.165, 1.54) is 16.3 Å². The van der Waals surface area contributed by atoms with Crippen molar-refractivity contribution in [2.24, 2.45) is 0 Å². The smallest absolute Gasteiger partial charge is 0.240 e. The molecule has 8 heteroatoms. The number of rotatable bonds is 12. The Morgan fingerprint density at radius 3 is 2.19 bits per heavy atom. The zero-order valence-corrected chi connectivity index (χ0v) is 30.2. The van der Waals surface area contributed by atoms with Crippen LogP contribution in [0, 0.1) is 0 Å². The van der Waals surface area contributed by atoms with Crippen LogP contribution in [0.15, 0.2) is 150 Å². The van der Waals surface area contributed by atoms with Crippen LogP contribution < -0.4 is 4.72 Å². The first kappa shape index (κ1) is 35.7. The number of nitrogens with one attached hydrogen (secondary N) is 1. The number of sulfonamides is 1. The van der Waals surface area contributed by atoms with E-state index in [0.717, 1.165) is 39.9 Å². The molecule has 0 saturated carbocycles. The summed E-state index contributed by atoms with van der Waals surface area (Å²) in [4.78, 5) is 2.59. The van der Waals surface area contributed by atoms with Gasteiger partial charge in [0.15, 0.2) is 6.29 Å². The van der Waals surface area contributed by atoms with Crippen molar-refractivity contribution < 1.29 is 23.0 Å². The van der Waals surface area contributed by atoms with Gasteiger partial charge in [-0.15, -0.1) is 0 Å². The predicted octanol–water partition coefficient (Wildman–Crippen LogP) is 8.72. The maximum absolute atomic E-state index is 12.8. The Balaban J connectivity index is 1.07. The van der Waals surface area contributed by atoms with Gasteiger partial charge in [-0.3, -0.25) is 4.90 Å². The van der Waals surface area contributed by atoms with Gasteiger partial charge in [0, 0.05) is 31.1 Å². The van der Waals surface area contributed by atoms with Gasteiger partial charge in [0.05, 0.1) is 23.7 Å². The maximum Gasteiger partial charge on any atom is 0.240 e. The van der Waals surface area contributed by atoms with Gasteiger partial charge in [-0.25, -0.2) is 13.1 Å². The quantitative estimate of drug-likeness (QED) is 0.132. The van der Waals surface area contributed by atoms with Crippen molar-refractivity contribution in [2.45, 2.75) is 55.9 Å². The molecule has 1 aliphatic heterocycles. The molecule has 0 spiro atoms. The Hall–Kier alpha value is -4.67. The lowest BCUT2D eigenvalue weighted by Crippen LogP contribution is -2.38. The van der Waals surface area contributed by atoms with E-state index in [2.05, 4.69) is 78.2 Å². The fourth-order valence-electron chi connectivity index (χ4n) is 6.79. The van der Waals surface area contributed by atoms with Crippen LogP contribution >= 0.6 is 0 Å². The van der Waals surface area contributed by atoms with Gasteiger partial charge < -0.3 is 14.6 Å². The molecule has 0 amide bonds. The third kappa shape index (κ3) is 8.34. The molecule has 4 unspecified atom stereocenters. The molecule has 52 heavy (non-hydrogen) atoms. The van der Waals surface area contributed by atoms with E-state index >= 15 is 0 Å². The van der Waals surface area contributed by atoms with E-state index in [-0.39, 0.29) is 36.3 Å². The molecule has 1 aliphatic rings. The molecule has 2 N–H and O–H groups in total. The fraction of sp³-hybridized carbons (Fsp3) is 0.227. The average Bonchev–Trinajstić information content (AvgIpc) is 3.20. The van der Waals surface area contributed by atoms with Crippen LogP contribution in [0.25, 0.3) is 21.9 Å². The summed E-state index contributed by atoms with van der Waals surface area (Å²) in [6.07, 6.45) is -0.150. The minimum absolute atomic E-state index is 0.00379. The van der Waals surface area contributed by atoms with Gasteiger partial charge in [-0.2, -0.15) is 0 Å². The Bertz CT molecular complexity index is 2210. The van der Waals surface area contributed by atoms with Crippen LogP contribution in [0.4, 0.5) is 0 Å². The number of likely N-dealkylation sites (N-methyl/N-ethyl adjacent to an activating group) is 1. The summed E-state index contributed by atoms with van der Waals surface area (Å²) in [5.74, 6) is 0. The summed E-state index contributed by atoms with van der Waals surface area (Å²) in [5, 5.41) is 12.1. The Kier molecular flexibility index (Phi) is 10.9. The van der Waals surface area contributed by atoms with Gasteiger partial charge in [-0.05, 0) is 82.4 Å². The largest absolute Gasteiger partial charge is 0.392 e. The molecular weight excluding hydrogens is 669 g/mol. The monoisotopic (exact) mass is 712 g/mol. The SMILES string of the molecule is CC(c1ccc2ccccc2c1)N(C)CC1CC(c2ccc(CO)cc2)OC(c2ccc(-c3cccc(CNS(=O)(=O)c4ccccc4)c3)cc2)O1. The minimum atomic E-state index is -3.61. The van der Waals surface area contributed by atoms with E-state index in [4.69, 9.17) is 9.47 Å². The van der Waals surface area contributed by atoms with Gasteiger partial charge in [0.25, 0.3) is 0 Å². The van der Waals surface area contributed by atoms with Crippen LogP contribution in [0.1, 0.15) is 59.6 Å². The summed E-state index contributed by atoms with van der Waals surface area (Å²) in [6.45, 7) is 3.13. The molecule has 1 heterocycles. The maximum atomic E-state index is 12.8. The summed E-state index contributed by atoms with van der Waals surface area (Å²) < 4.78 is 41.6. The number of aliphatic hydroxyl groups excluding tert-OH is 1. The molecule has 6 aromatic rings. The van der Waals surface area contributed by atoms with Gasteiger partial charge in [-0.1, -0.05) is 121 Å². The highest BCUT2D eigenvalue weighted by molar-refractivity contribution is 7.89. The highest BCUT2D eigenvalue weighted by Crippen LogP contribution is 2.39. The van der Waals surface area contributed by atoms with Gasteiger partial charge in [0.1, 0.15) is 0 Å². The molecule has 1 saturated heterocycles. The molecule has 0 bridgehead atoms. The number of fused-ring (bicyclic) bond motifs is 1. The second-order valence-corrected chi connectivity index (χ2v) is 15.3. The molecule has 7 rings (SSSR count). The second-order valence-electron chi connectivity index (χ2n) is 13.5. The zero-order chi connectivity index (χ0) is 36.1. The van der Waals surface area contributed by atoms with Crippen LogP contribution in [0.2, 0.25) is 0 Å². The Morgan fingerprint density at radius 1 is 0.731 bits per heavy atom. The molecule has 0 aliphatic carbocycles. The number of benzene rings is 6. The first-order valence-electron chi connectivity index (χ1n) is 17.7. The first-order chi connectivity index (χ1) is 25.3. The lowest BCUT2D eigenvalue weighted by atomic mass is 9.98. The highest BCUT2D eigenvalue weighted by atomic mass is 32.2. The van der Waals surface area contributed by atoms with E-state index in [0.29, 0.717) is 6.42 Å². The number of ether oxygens (including phenoxy) is 2. The molecule has 6 aromatic carbocycles. The van der Waals surface area contributed by atoms with Crippen molar-refractivity contribution in [2.75, 3.05) is 13.6 Å². The van der Waals surface area contributed by atoms with E-state index < -0.39 is 16.3 Å². The summed E-state index contributed by atoms with van der Waals surface area (Å²) in [5.41, 5.74) is 6.94. The zero-order valence-electron chi connectivity index (χ0n) is 29.4. The summed E-state index contributed by atoms with van der Waals surface area (Å²) in [6, 6.07) is 47.7. The number of nitrogens with zero attached hydrogens (tertiary/aromatic N) is 1. The van der Waals surface area contributed by atoms with E-state index in [1.54, 1.807) is 30.3 Å². The van der Waals surface area contributed by atoms with E-state index in [9.17, 15) is 13.5 Å². The van der Waals surface area contributed by atoms with Gasteiger partial charge in [0.2, 0.25) is 10.0 Å². The molecule has 0 aromatic heterocycles. The molecule has 7 nitrogen and oxygen atoms in total. The number of hydrogen-bond donors (Lipinski definition) is 2. The second kappa shape index (κ2) is 15.9. The third-order valence-corrected chi connectivity index (χ3v) is 11.4. The Labute approximate surface area is 306 Å². The Morgan fingerprint density at radius 2 is 1.44 bits per heavy atom. The van der Waals surface area contributed by atoms with Crippen molar-refractivity contribution in [1.82, 2.24) is 9.62 Å². The molecule has 4 atom stereocenters. The highest BCUT2D eigenvalue weighted by Gasteiger charge is 2.33. The number of hydrogen-bond acceptors (Lipinski definition) is 6. The van der Waals surface area contributed by atoms with E-state index in [1.807, 2.05) is 60.7 Å². The summed E-state index contributed by atoms with van der Waals surface area (Å²) in [7, 11) is -1.47.